The van der Waals surface area contributed by atoms with Gasteiger partial charge in [0.2, 0.25) is 0 Å². The van der Waals surface area contributed by atoms with E-state index < -0.39 is 0 Å². The average molecular weight is 499 g/mol. The van der Waals surface area contributed by atoms with E-state index in [9.17, 15) is 9.59 Å². The maximum absolute atomic E-state index is 12.4. The van der Waals surface area contributed by atoms with E-state index in [4.69, 9.17) is 9.47 Å². The summed E-state index contributed by atoms with van der Waals surface area (Å²) < 4.78 is 11.8. The summed E-state index contributed by atoms with van der Waals surface area (Å²) in [5.74, 6) is 4.63. The predicted molar refractivity (Wildman–Crippen MR) is 144 cm³/mol. The van der Waals surface area contributed by atoms with Gasteiger partial charge in [0.05, 0.1) is 0 Å². The fraction of sp³-hybridized carbons (Fsp3) is 0.812. The Labute approximate surface area is 219 Å². The summed E-state index contributed by atoms with van der Waals surface area (Å²) in [5, 5.41) is 0. The van der Waals surface area contributed by atoms with Crippen LogP contribution in [0.25, 0.3) is 0 Å². The molecule has 4 aliphatic rings. The van der Waals surface area contributed by atoms with Crippen molar-refractivity contribution in [3.63, 3.8) is 0 Å². The zero-order valence-corrected chi connectivity index (χ0v) is 24.1. The topological polar surface area (TPSA) is 52.6 Å². The first-order valence-electron chi connectivity index (χ1n) is 14.6. The van der Waals surface area contributed by atoms with E-state index in [1.54, 1.807) is 6.92 Å². The van der Waals surface area contributed by atoms with E-state index in [0.29, 0.717) is 41.4 Å². The zero-order valence-electron chi connectivity index (χ0n) is 24.1. The van der Waals surface area contributed by atoms with Crippen molar-refractivity contribution in [1.29, 1.82) is 0 Å². The predicted octanol–water partition coefficient (Wildman–Crippen LogP) is 7.87. The van der Waals surface area contributed by atoms with Gasteiger partial charge in [0.25, 0.3) is 0 Å². The van der Waals surface area contributed by atoms with Crippen LogP contribution < -0.4 is 0 Å². The first kappa shape index (κ1) is 27.5. The van der Waals surface area contributed by atoms with Gasteiger partial charge >= 0.3 is 11.9 Å². The lowest BCUT2D eigenvalue weighted by molar-refractivity contribution is -0.151. The molecule has 202 valence electrons. The molecular weight excluding hydrogens is 448 g/mol. The Morgan fingerprint density at radius 1 is 0.944 bits per heavy atom. The molecule has 0 radical (unpaired) electrons. The lowest BCUT2D eigenvalue weighted by atomic mass is 9.48. The van der Waals surface area contributed by atoms with Crippen molar-refractivity contribution < 1.29 is 19.1 Å². The fourth-order valence-corrected chi connectivity index (χ4v) is 8.86. The Hall–Kier alpha value is -1.58. The third-order valence-corrected chi connectivity index (χ3v) is 11.1. The molecule has 0 aromatic rings. The molecule has 0 spiro atoms. The summed E-state index contributed by atoms with van der Waals surface area (Å²) in [6, 6.07) is 0. The minimum Gasteiger partial charge on any atom is -0.463 e. The molecule has 3 fully saturated rings. The normalized spacial score (nSPS) is 39.9. The van der Waals surface area contributed by atoms with Gasteiger partial charge in [-0.1, -0.05) is 53.7 Å². The molecule has 0 aromatic carbocycles. The second-order valence-corrected chi connectivity index (χ2v) is 13.6. The highest BCUT2D eigenvalue weighted by atomic mass is 16.5. The molecule has 4 rings (SSSR count). The molecule has 0 saturated heterocycles. The van der Waals surface area contributed by atoms with E-state index in [1.807, 2.05) is 0 Å². The van der Waals surface area contributed by atoms with E-state index in [2.05, 4.69) is 53.7 Å². The number of fused-ring (bicyclic) bond motifs is 5. The summed E-state index contributed by atoms with van der Waals surface area (Å²) in [6.45, 7) is 17.3. The van der Waals surface area contributed by atoms with E-state index in [0.717, 1.165) is 37.9 Å². The van der Waals surface area contributed by atoms with Crippen LogP contribution in [0, 0.1) is 52.3 Å². The highest BCUT2D eigenvalue weighted by Gasteiger charge is 2.60. The van der Waals surface area contributed by atoms with Crippen molar-refractivity contribution in [2.45, 2.75) is 113 Å². The summed E-state index contributed by atoms with van der Waals surface area (Å²) in [4.78, 5) is 24.0. The van der Waals surface area contributed by atoms with E-state index >= 15 is 0 Å². The van der Waals surface area contributed by atoms with Gasteiger partial charge in [-0.2, -0.15) is 0 Å². The maximum Gasteiger partial charge on any atom is 0.307 e. The third-order valence-electron chi connectivity index (χ3n) is 11.1. The summed E-state index contributed by atoms with van der Waals surface area (Å²) in [6.07, 6.45) is 13.5. The highest BCUT2D eigenvalue weighted by molar-refractivity contribution is 5.67. The monoisotopic (exact) mass is 498 g/mol. The Kier molecular flexibility index (Phi) is 7.85. The molecule has 9 unspecified atom stereocenters. The molecular formula is C32H50O4. The molecule has 9 atom stereocenters. The van der Waals surface area contributed by atoms with Gasteiger partial charge in [-0.25, -0.2) is 0 Å². The molecule has 0 aromatic heterocycles. The summed E-state index contributed by atoms with van der Waals surface area (Å²) >= 11 is 0. The van der Waals surface area contributed by atoms with Crippen molar-refractivity contribution >= 4 is 11.9 Å². The van der Waals surface area contributed by atoms with Crippen LogP contribution in [-0.2, 0) is 19.1 Å². The molecule has 0 heterocycles. The van der Waals surface area contributed by atoms with Gasteiger partial charge in [0, 0.05) is 20.3 Å². The van der Waals surface area contributed by atoms with E-state index in [1.165, 1.54) is 31.8 Å². The minimum atomic E-state index is -0.189. The quantitative estimate of drug-likeness (QED) is 0.276. The van der Waals surface area contributed by atoms with Gasteiger partial charge in [-0.05, 0) is 103 Å². The van der Waals surface area contributed by atoms with Gasteiger partial charge < -0.3 is 9.47 Å². The van der Waals surface area contributed by atoms with Crippen LogP contribution in [0.15, 0.2) is 23.5 Å². The third kappa shape index (κ3) is 4.95. The standard InChI is InChI=1S/C32H50O4/c1-19(2)20(3)9-10-21(4)27-13-14-28-26-12-11-24-17-25(35-22(5)33)15-16-31(24,7)30(26)29(36-23(6)34)18-32(27,28)8/h9-10,19-21,24-28H,11-18H2,1-8H3. The first-order valence-corrected chi connectivity index (χ1v) is 14.6. The molecule has 3 saturated carbocycles. The van der Waals surface area contributed by atoms with Gasteiger partial charge in [-0.15, -0.1) is 0 Å². The molecule has 4 nitrogen and oxygen atoms in total. The number of esters is 2. The molecule has 36 heavy (non-hydrogen) atoms. The number of ether oxygens (including phenoxy) is 2. The Balaban J connectivity index is 1.66. The van der Waals surface area contributed by atoms with Crippen LogP contribution in [0.5, 0.6) is 0 Å². The van der Waals surface area contributed by atoms with Crippen LogP contribution >= 0.6 is 0 Å². The lowest BCUT2D eigenvalue weighted by Gasteiger charge is -2.57. The van der Waals surface area contributed by atoms with Crippen LogP contribution in [-0.4, -0.2) is 18.0 Å². The maximum atomic E-state index is 12.4. The largest absolute Gasteiger partial charge is 0.463 e. The van der Waals surface area contributed by atoms with Gasteiger partial charge in [-0.3, -0.25) is 9.59 Å². The first-order chi connectivity index (χ1) is 16.9. The van der Waals surface area contributed by atoms with Crippen molar-refractivity contribution in [3.8, 4) is 0 Å². The lowest BCUT2D eigenvalue weighted by Crippen LogP contribution is -2.50. The molecule has 0 amide bonds. The van der Waals surface area contributed by atoms with Crippen molar-refractivity contribution in [3.05, 3.63) is 23.5 Å². The molecule has 0 N–H and O–H groups in total. The smallest absolute Gasteiger partial charge is 0.307 e. The molecule has 4 aliphatic carbocycles. The fourth-order valence-electron chi connectivity index (χ4n) is 8.86. The van der Waals surface area contributed by atoms with Crippen molar-refractivity contribution in [1.82, 2.24) is 0 Å². The zero-order chi connectivity index (χ0) is 26.4. The molecule has 4 heteroatoms. The van der Waals surface area contributed by atoms with E-state index in [-0.39, 0.29) is 28.9 Å². The second-order valence-electron chi connectivity index (χ2n) is 13.6. The van der Waals surface area contributed by atoms with Crippen LogP contribution in [0.2, 0.25) is 0 Å². The van der Waals surface area contributed by atoms with Crippen LogP contribution in [0.1, 0.15) is 107 Å². The Morgan fingerprint density at radius 2 is 1.67 bits per heavy atom. The number of carbonyl (C=O) groups is 2. The Bertz CT molecular complexity index is 915. The SMILES string of the molecule is CC(=O)OC1=C2C(CCC3CC(OC(C)=O)CCC23C)C2CCC(C(C)C=CC(C)C(C)C)C2(C)C1. The number of hydrogen-bond donors (Lipinski definition) is 0. The second kappa shape index (κ2) is 10.3. The number of rotatable bonds is 6. The Morgan fingerprint density at radius 3 is 2.31 bits per heavy atom. The summed E-state index contributed by atoms with van der Waals surface area (Å²) in [5.41, 5.74) is 1.64. The van der Waals surface area contributed by atoms with Crippen molar-refractivity contribution in [2.24, 2.45) is 52.3 Å². The minimum absolute atomic E-state index is 0.0282. The van der Waals surface area contributed by atoms with Crippen LogP contribution in [0.3, 0.4) is 0 Å². The molecule has 0 bridgehead atoms. The number of carbonyl (C=O) groups excluding carboxylic acids is 2. The highest BCUT2D eigenvalue weighted by Crippen LogP contribution is 2.68. The van der Waals surface area contributed by atoms with Crippen LogP contribution in [0.4, 0.5) is 0 Å². The number of hydrogen-bond acceptors (Lipinski definition) is 4. The molecule has 0 aliphatic heterocycles. The van der Waals surface area contributed by atoms with Crippen molar-refractivity contribution in [2.75, 3.05) is 0 Å². The average Bonchev–Trinajstić information content (AvgIpc) is 3.13. The number of allylic oxidation sites excluding steroid dienone is 4. The van der Waals surface area contributed by atoms with Gasteiger partial charge in [0.15, 0.2) is 0 Å². The van der Waals surface area contributed by atoms with Gasteiger partial charge in [0.1, 0.15) is 11.9 Å². The summed E-state index contributed by atoms with van der Waals surface area (Å²) in [7, 11) is 0.